The average Bonchev–Trinajstić information content (AvgIpc) is 2.53. The van der Waals surface area contributed by atoms with Gasteiger partial charge in [-0.1, -0.05) is 19.3 Å². The fourth-order valence-corrected chi connectivity index (χ4v) is 2.81. The van der Waals surface area contributed by atoms with Crippen LogP contribution in [0.15, 0.2) is 24.3 Å². The Morgan fingerprint density at radius 1 is 1.24 bits per heavy atom. The number of carbonyl (C=O) groups is 1. The van der Waals surface area contributed by atoms with Gasteiger partial charge in [0.05, 0.1) is 6.61 Å². The van der Waals surface area contributed by atoms with Crippen molar-refractivity contribution in [2.75, 3.05) is 25.1 Å². The van der Waals surface area contributed by atoms with Gasteiger partial charge in [0.15, 0.2) is 6.61 Å². The molecule has 1 aliphatic rings. The topological polar surface area (TPSA) is 84.6 Å². The Bertz CT molecular complexity index is 453. The van der Waals surface area contributed by atoms with Crippen molar-refractivity contribution in [3.05, 3.63) is 24.3 Å². The van der Waals surface area contributed by atoms with Crippen molar-refractivity contribution in [2.24, 2.45) is 11.1 Å². The Hall–Kier alpha value is -1.75. The number of benzene rings is 1. The van der Waals surface area contributed by atoms with Crippen LogP contribution in [-0.2, 0) is 4.79 Å². The van der Waals surface area contributed by atoms with E-state index >= 15 is 0 Å². The van der Waals surface area contributed by atoms with Crippen LogP contribution in [0.5, 0.6) is 5.75 Å². The summed E-state index contributed by atoms with van der Waals surface area (Å²) in [4.78, 5) is 10.6. The number of hydrogen-bond donors (Lipinski definition) is 3. The first-order chi connectivity index (χ1) is 10.1. The molecule has 5 nitrogen and oxygen atoms in total. The molecule has 0 saturated heterocycles. The van der Waals surface area contributed by atoms with Crippen LogP contribution in [0, 0.1) is 5.41 Å². The first-order valence-corrected chi connectivity index (χ1v) is 7.49. The maximum absolute atomic E-state index is 10.6. The number of aliphatic hydroxyl groups is 1. The molecule has 0 atom stereocenters. The van der Waals surface area contributed by atoms with E-state index in [4.69, 9.17) is 10.5 Å². The molecule has 2 rings (SSSR count). The van der Waals surface area contributed by atoms with Gasteiger partial charge >= 0.3 is 0 Å². The smallest absolute Gasteiger partial charge is 0.255 e. The van der Waals surface area contributed by atoms with Crippen LogP contribution in [0.3, 0.4) is 0 Å². The lowest BCUT2D eigenvalue weighted by Crippen LogP contribution is -2.35. The number of ether oxygens (including phenoxy) is 1. The Kier molecular flexibility index (Phi) is 5.44. The van der Waals surface area contributed by atoms with Crippen molar-refractivity contribution < 1.29 is 14.6 Å². The molecule has 0 aliphatic heterocycles. The summed E-state index contributed by atoms with van der Waals surface area (Å²) in [6.45, 7) is 0.908. The highest BCUT2D eigenvalue weighted by Gasteiger charge is 2.30. The largest absolute Gasteiger partial charge is 0.484 e. The third-order valence-corrected chi connectivity index (χ3v) is 4.15. The van der Waals surface area contributed by atoms with Gasteiger partial charge in [0, 0.05) is 17.6 Å². The van der Waals surface area contributed by atoms with E-state index < -0.39 is 5.91 Å². The normalized spacial score (nSPS) is 17.2. The van der Waals surface area contributed by atoms with Gasteiger partial charge in [0.25, 0.3) is 5.91 Å². The molecule has 1 saturated carbocycles. The van der Waals surface area contributed by atoms with Crippen LogP contribution in [-0.4, -0.2) is 30.8 Å². The van der Waals surface area contributed by atoms with Crippen molar-refractivity contribution in [3.8, 4) is 5.75 Å². The Morgan fingerprint density at radius 2 is 1.90 bits per heavy atom. The van der Waals surface area contributed by atoms with Gasteiger partial charge in [-0.25, -0.2) is 0 Å². The standard InChI is InChI=1S/C16H24N2O3/c17-15(20)10-21-14-6-4-13(5-7-14)18-11-16(12-19)8-2-1-3-9-16/h4-7,18-19H,1-3,8-12H2,(H2,17,20). The number of primary amides is 1. The van der Waals surface area contributed by atoms with Gasteiger partial charge in [0.2, 0.25) is 0 Å². The number of hydrogen-bond acceptors (Lipinski definition) is 4. The van der Waals surface area contributed by atoms with Crippen LogP contribution in [0.4, 0.5) is 5.69 Å². The molecule has 0 radical (unpaired) electrons. The zero-order chi connectivity index (χ0) is 15.1. The predicted molar refractivity (Wildman–Crippen MR) is 82.2 cm³/mol. The van der Waals surface area contributed by atoms with Gasteiger partial charge < -0.3 is 20.9 Å². The van der Waals surface area contributed by atoms with E-state index in [0.29, 0.717) is 5.75 Å². The predicted octanol–water partition coefficient (Wildman–Crippen LogP) is 1.91. The highest BCUT2D eigenvalue weighted by molar-refractivity contribution is 5.75. The van der Waals surface area contributed by atoms with E-state index in [9.17, 15) is 9.90 Å². The molecule has 116 valence electrons. The zero-order valence-electron chi connectivity index (χ0n) is 12.3. The zero-order valence-corrected chi connectivity index (χ0v) is 12.3. The molecule has 1 aromatic carbocycles. The number of nitrogens with two attached hydrogens (primary N) is 1. The van der Waals surface area contributed by atoms with Crippen LogP contribution in [0.25, 0.3) is 0 Å². The third kappa shape index (κ3) is 4.63. The fourth-order valence-electron chi connectivity index (χ4n) is 2.81. The molecule has 0 unspecified atom stereocenters. The number of nitrogens with one attached hydrogen (secondary N) is 1. The van der Waals surface area contributed by atoms with Crippen LogP contribution in [0.1, 0.15) is 32.1 Å². The molecular weight excluding hydrogens is 268 g/mol. The maximum Gasteiger partial charge on any atom is 0.255 e. The fraction of sp³-hybridized carbons (Fsp3) is 0.562. The SMILES string of the molecule is NC(=O)COc1ccc(NCC2(CO)CCCCC2)cc1. The average molecular weight is 292 g/mol. The summed E-state index contributed by atoms with van der Waals surface area (Å²) in [6.07, 6.45) is 5.82. The van der Waals surface area contributed by atoms with E-state index in [1.165, 1.54) is 19.3 Å². The van der Waals surface area contributed by atoms with Crippen LogP contribution in [0.2, 0.25) is 0 Å². The van der Waals surface area contributed by atoms with Crippen molar-refractivity contribution in [1.29, 1.82) is 0 Å². The Balaban J connectivity index is 1.86. The quantitative estimate of drug-likeness (QED) is 0.716. The molecule has 1 aliphatic carbocycles. The molecular formula is C16H24N2O3. The summed E-state index contributed by atoms with van der Waals surface area (Å²) in [7, 11) is 0. The molecule has 4 N–H and O–H groups in total. The molecule has 5 heteroatoms. The van der Waals surface area contributed by atoms with E-state index in [2.05, 4.69) is 5.32 Å². The van der Waals surface area contributed by atoms with Gasteiger partial charge in [-0.3, -0.25) is 4.79 Å². The monoisotopic (exact) mass is 292 g/mol. The van der Waals surface area contributed by atoms with E-state index in [0.717, 1.165) is 25.1 Å². The number of anilines is 1. The number of carbonyl (C=O) groups excluding carboxylic acids is 1. The lowest BCUT2D eigenvalue weighted by molar-refractivity contribution is -0.119. The molecule has 1 fully saturated rings. The van der Waals surface area contributed by atoms with Crippen LogP contribution >= 0.6 is 0 Å². The minimum atomic E-state index is -0.487. The van der Waals surface area contributed by atoms with Crippen molar-refractivity contribution in [2.45, 2.75) is 32.1 Å². The number of amides is 1. The third-order valence-electron chi connectivity index (χ3n) is 4.15. The molecule has 0 aromatic heterocycles. The first-order valence-electron chi connectivity index (χ1n) is 7.49. The lowest BCUT2D eigenvalue weighted by atomic mass is 9.74. The first kappa shape index (κ1) is 15.6. The molecule has 1 aromatic rings. The summed E-state index contributed by atoms with van der Waals surface area (Å²) < 4.78 is 5.22. The Morgan fingerprint density at radius 3 is 2.48 bits per heavy atom. The van der Waals surface area contributed by atoms with Crippen molar-refractivity contribution in [3.63, 3.8) is 0 Å². The summed E-state index contributed by atoms with van der Waals surface area (Å²) in [5, 5.41) is 13.1. The van der Waals surface area contributed by atoms with Gasteiger partial charge in [0.1, 0.15) is 5.75 Å². The number of rotatable bonds is 7. The molecule has 1 amide bonds. The summed E-state index contributed by atoms with van der Waals surface area (Å²) >= 11 is 0. The number of aliphatic hydroxyl groups excluding tert-OH is 1. The summed E-state index contributed by atoms with van der Waals surface area (Å²) in [5.74, 6) is 0.133. The van der Waals surface area contributed by atoms with E-state index in [1.54, 1.807) is 12.1 Å². The molecule has 0 heterocycles. The van der Waals surface area contributed by atoms with Crippen molar-refractivity contribution >= 4 is 11.6 Å². The highest BCUT2D eigenvalue weighted by atomic mass is 16.5. The van der Waals surface area contributed by atoms with Gasteiger partial charge in [-0.15, -0.1) is 0 Å². The minimum absolute atomic E-state index is 0.0133. The van der Waals surface area contributed by atoms with Gasteiger partial charge in [-0.2, -0.15) is 0 Å². The molecule has 21 heavy (non-hydrogen) atoms. The van der Waals surface area contributed by atoms with E-state index in [-0.39, 0.29) is 18.6 Å². The minimum Gasteiger partial charge on any atom is -0.484 e. The second-order valence-electron chi connectivity index (χ2n) is 5.85. The summed E-state index contributed by atoms with van der Waals surface area (Å²) in [6, 6.07) is 7.42. The second kappa shape index (κ2) is 7.31. The second-order valence-corrected chi connectivity index (χ2v) is 5.85. The van der Waals surface area contributed by atoms with Crippen molar-refractivity contribution in [1.82, 2.24) is 0 Å². The Labute approximate surface area is 125 Å². The summed E-state index contributed by atoms with van der Waals surface area (Å²) in [5.41, 5.74) is 6.03. The molecule has 0 spiro atoms. The molecule has 0 bridgehead atoms. The van der Waals surface area contributed by atoms with Gasteiger partial charge in [-0.05, 0) is 37.1 Å². The van der Waals surface area contributed by atoms with E-state index in [1.807, 2.05) is 12.1 Å². The lowest BCUT2D eigenvalue weighted by Gasteiger charge is -2.36. The highest BCUT2D eigenvalue weighted by Crippen LogP contribution is 2.36. The maximum atomic E-state index is 10.6. The van der Waals surface area contributed by atoms with Crippen LogP contribution < -0.4 is 15.8 Å².